The van der Waals surface area contributed by atoms with E-state index in [-0.39, 0.29) is 12.1 Å². The monoisotopic (exact) mass is 343 g/mol. The number of alkyl halides is 3. The average Bonchev–Trinajstić information content (AvgIpc) is 3.14. The predicted octanol–water partition coefficient (Wildman–Crippen LogP) is 2.72. The van der Waals surface area contributed by atoms with Gasteiger partial charge in [0.1, 0.15) is 5.01 Å². The SMILES string of the molecule is O=C(N1CCCC1c1csc(-c2cc[nH]c(=O)c2)n1)C(F)(F)F. The fourth-order valence-corrected chi connectivity index (χ4v) is 3.49. The van der Waals surface area contributed by atoms with Crippen LogP contribution in [0, 0.1) is 0 Å². The molecule has 3 heterocycles. The third kappa shape index (κ3) is 3.14. The molecule has 0 spiro atoms. The molecular weight excluding hydrogens is 331 g/mol. The average molecular weight is 343 g/mol. The maximum Gasteiger partial charge on any atom is 0.471 e. The lowest BCUT2D eigenvalue weighted by atomic mass is 10.1. The summed E-state index contributed by atoms with van der Waals surface area (Å²) in [5, 5.41) is 2.18. The zero-order valence-corrected chi connectivity index (χ0v) is 12.6. The van der Waals surface area contributed by atoms with Crippen molar-refractivity contribution in [2.75, 3.05) is 6.54 Å². The van der Waals surface area contributed by atoms with Crippen molar-refractivity contribution in [3.8, 4) is 10.6 Å². The van der Waals surface area contributed by atoms with Crippen LogP contribution in [-0.4, -0.2) is 33.5 Å². The minimum atomic E-state index is -4.88. The largest absolute Gasteiger partial charge is 0.471 e. The summed E-state index contributed by atoms with van der Waals surface area (Å²) in [7, 11) is 0. The minimum absolute atomic E-state index is 0.0703. The first kappa shape index (κ1) is 15.7. The number of amides is 1. The van der Waals surface area contributed by atoms with Gasteiger partial charge in [-0.1, -0.05) is 0 Å². The maximum absolute atomic E-state index is 12.7. The number of carbonyl (C=O) groups excluding carboxylic acids is 1. The molecule has 1 aliphatic rings. The number of pyridine rings is 1. The maximum atomic E-state index is 12.7. The third-order valence-electron chi connectivity index (χ3n) is 3.64. The number of hydrogen-bond acceptors (Lipinski definition) is 4. The first-order valence-electron chi connectivity index (χ1n) is 6.88. The third-order valence-corrected chi connectivity index (χ3v) is 4.55. The van der Waals surface area contributed by atoms with Crippen LogP contribution in [0.5, 0.6) is 0 Å². The van der Waals surface area contributed by atoms with E-state index in [2.05, 4.69) is 9.97 Å². The Labute approximate surface area is 132 Å². The predicted molar refractivity (Wildman–Crippen MR) is 77.9 cm³/mol. The van der Waals surface area contributed by atoms with Crippen LogP contribution >= 0.6 is 11.3 Å². The van der Waals surface area contributed by atoms with E-state index >= 15 is 0 Å². The Hall–Kier alpha value is -2.16. The lowest BCUT2D eigenvalue weighted by molar-refractivity contribution is -0.186. The summed E-state index contributed by atoms with van der Waals surface area (Å²) >= 11 is 1.24. The van der Waals surface area contributed by atoms with Crippen molar-refractivity contribution in [1.82, 2.24) is 14.9 Å². The van der Waals surface area contributed by atoms with Crippen LogP contribution in [0.1, 0.15) is 24.6 Å². The highest BCUT2D eigenvalue weighted by molar-refractivity contribution is 7.13. The highest BCUT2D eigenvalue weighted by Crippen LogP contribution is 2.36. The molecule has 1 amide bonds. The number of hydrogen-bond donors (Lipinski definition) is 1. The van der Waals surface area contributed by atoms with Crippen LogP contribution in [0.2, 0.25) is 0 Å². The van der Waals surface area contributed by atoms with Crippen molar-refractivity contribution in [3.05, 3.63) is 39.8 Å². The van der Waals surface area contributed by atoms with Gasteiger partial charge >= 0.3 is 12.1 Å². The summed E-state index contributed by atoms with van der Waals surface area (Å²) in [5.74, 6) is -1.83. The van der Waals surface area contributed by atoms with Crippen LogP contribution in [0.25, 0.3) is 10.6 Å². The van der Waals surface area contributed by atoms with Gasteiger partial charge in [-0.2, -0.15) is 13.2 Å². The quantitative estimate of drug-likeness (QED) is 0.912. The first-order chi connectivity index (χ1) is 10.9. The molecule has 5 nitrogen and oxygen atoms in total. The van der Waals surface area contributed by atoms with Crippen LogP contribution in [0.15, 0.2) is 28.5 Å². The van der Waals surface area contributed by atoms with E-state index < -0.39 is 18.1 Å². The van der Waals surface area contributed by atoms with Gasteiger partial charge in [0.05, 0.1) is 11.7 Å². The molecule has 0 saturated carbocycles. The van der Waals surface area contributed by atoms with E-state index in [1.165, 1.54) is 23.6 Å². The van der Waals surface area contributed by atoms with Gasteiger partial charge in [-0.15, -0.1) is 11.3 Å². The number of halogens is 3. The molecule has 2 aromatic rings. The Kier molecular flexibility index (Phi) is 3.97. The number of rotatable bonds is 2. The number of nitrogens with zero attached hydrogens (tertiary/aromatic N) is 2. The summed E-state index contributed by atoms with van der Waals surface area (Å²) in [6, 6.07) is 2.36. The number of carbonyl (C=O) groups is 1. The molecule has 9 heteroatoms. The van der Waals surface area contributed by atoms with E-state index in [0.29, 0.717) is 29.1 Å². The topological polar surface area (TPSA) is 66.1 Å². The van der Waals surface area contributed by atoms with Crippen molar-refractivity contribution >= 4 is 17.2 Å². The molecule has 1 saturated heterocycles. The number of aromatic nitrogens is 2. The molecular formula is C14H12F3N3O2S. The molecule has 2 aromatic heterocycles. The molecule has 1 fully saturated rings. The summed E-state index contributed by atoms with van der Waals surface area (Å²) in [4.78, 5) is 30.5. The van der Waals surface area contributed by atoms with Gasteiger partial charge in [0, 0.05) is 29.8 Å². The van der Waals surface area contributed by atoms with E-state index in [1.807, 2.05) is 0 Å². The van der Waals surface area contributed by atoms with Crippen molar-refractivity contribution in [2.45, 2.75) is 25.1 Å². The molecule has 3 rings (SSSR count). The zero-order chi connectivity index (χ0) is 16.6. The van der Waals surface area contributed by atoms with Gasteiger partial charge in [0.2, 0.25) is 5.56 Å². The molecule has 0 aliphatic carbocycles. The Morgan fingerprint density at radius 2 is 2.22 bits per heavy atom. The van der Waals surface area contributed by atoms with E-state index in [4.69, 9.17) is 0 Å². The molecule has 0 bridgehead atoms. The van der Waals surface area contributed by atoms with E-state index in [1.54, 1.807) is 11.4 Å². The smallest absolute Gasteiger partial charge is 0.329 e. The number of likely N-dealkylation sites (tertiary alicyclic amines) is 1. The second-order valence-corrected chi connectivity index (χ2v) is 6.03. The summed E-state index contributed by atoms with van der Waals surface area (Å²) in [5.41, 5.74) is 0.742. The van der Waals surface area contributed by atoms with Crippen molar-refractivity contribution in [2.24, 2.45) is 0 Å². The minimum Gasteiger partial charge on any atom is -0.329 e. The molecule has 0 radical (unpaired) electrons. The van der Waals surface area contributed by atoms with Gasteiger partial charge in [0.15, 0.2) is 0 Å². The van der Waals surface area contributed by atoms with Crippen molar-refractivity contribution in [1.29, 1.82) is 0 Å². The second-order valence-electron chi connectivity index (χ2n) is 5.17. The van der Waals surface area contributed by atoms with E-state index in [9.17, 15) is 22.8 Å². The van der Waals surface area contributed by atoms with Gasteiger partial charge in [-0.05, 0) is 18.9 Å². The lowest BCUT2D eigenvalue weighted by Crippen LogP contribution is -2.40. The molecule has 0 aromatic carbocycles. The van der Waals surface area contributed by atoms with Gasteiger partial charge in [-0.25, -0.2) is 4.98 Å². The highest BCUT2D eigenvalue weighted by Gasteiger charge is 2.46. The highest BCUT2D eigenvalue weighted by atomic mass is 32.1. The van der Waals surface area contributed by atoms with Gasteiger partial charge in [0.25, 0.3) is 0 Å². The summed E-state index contributed by atoms with van der Waals surface area (Å²) in [6.07, 6.45) is -2.45. The van der Waals surface area contributed by atoms with Crippen molar-refractivity contribution in [3.63, 3.8) is 0 Å². The molecule has 23 heavy (non-hydrogen) atoms. The summed E-state index contributed by atoms with van der Waals surface area (Å²) in [6.45, 7) is 0.0703. The summed E-state index contributed by atoms with van der Waals surface area (Å²) < 4.78 is 38.0. The molecule has 1 aliphatic heterocycles. The van der Waals surface area contributed by atoms with Crippen LogP contribution in [0.3, 0.4) is 0 Å². The van der Waals surface area contributed by atoms with Crippen LogP contribution in [-0.2, 0) is 4.79 Å². The molecule has 1 unspecified atom stereocenters. The molecule has 122 valence electrons. The van der Waals surface area contributed by atoms with Gasteiger partial charge in [-0.3, -0.25) is 9.59 Å². The van der Waals surface area contributed by atoms with E-state index in [0.717, 1.165) is 4.90 Å². The molecule has 1 atom stereocenters. The lowest BCUT2D eigenvalue weighted by Gasteiger charge is -2.24. The Morgan fingerprint density at radius 1 is 1.43 bits per heavy atom. The zero-order valence-electron chi connectivity index (χ0n) is 11.8. The number of aromatic amines is 1. The standard InChI is InChI=1S/C14H12F3N3O2S/c15-14(16,17)13(22)20-5-1-2-10(20)9-7-23-12(19-9)8-3-4-18-11(21)6-8/h3-4,6-7,10H,1-2,5H2,(H,18,21). The van der Waals surface area contributed by atoms with Crippen LogP contribution in [0.4, 0.5) is 13.2 Å². The number of thiazole rings is 1. The number of nitrogens with one attached hydrogen (secondary N) is 1. The van der Waals surface area contributed by atoms with Crippen LogP contribution < -0.4 is 5.56 Å². The Balaban J connectivity index is 1.88. The normalized spacial score (nSPS) is 18.4. The Morgan fingerprint density at radius 3 is 2.91 bits per heavy atom. The molecule has 1 N–H and O–H groups in total. The first-order valence-corrected chi connectivity index (χ1v) is 7.76. The fourth-order valence-electron chi connectivity index (χ4n) is 2.63. The second kappa shape index (κ2) is 5.80. The van der Waals surface area contributed by atoms with Crippen molar-refractivity contribution < 1.29 is 18.0 Å². The number of H-pyrrole nitrogens is 1. The van der Waals surface area contributed by atoms with Gasteiger partial charge < -0.3 is 9.88 Å². The fraction of sp³-hybridized carbons (Fsp3) is 0.357. The Bertz CT molecular complexity index is 784.